The number of aromatic nitrogens is 1. The quantitative estimate of drug-likeness (QED) is 0.659. The zero-order chi connectivity index (χ0) is 22.1. The zero-order valence-corrected chi connectivity index (χ0v) is 19.2. The fourth-order valence-corrected chi connectivity index (χ4v) is 5.62. The van der Waals surface area contributed by atoms with Gasteiger partial charge in [-0.05, 0) is 54.5 Å². The molecule has 1 aromatic carbocycles. The molecule has 29 heavy (non-hydrogen) atoms. The van der Waals surface area contributed by atoms with Crippen LogP contribution in [0.25, 0.3) is 0 Å². The second-order valence-electron chi connectivity index (χ2n) is 8.40. The average molecular weight is 442 g/mol. The number of hydrogen-bond donors (Lipinski definition) is 1. The summed E-state index contributed by atoms with van der Waals surface area (Å²) in [7, 11) is -3.92. The van der Waals surface area contributed by atoms with Crippen LogP contribution in [-0.4, -0.2) is 30.0 Å². The molecule has 0 atom stereocenters. The van der Waals surface area contributed by atoms with Crippen LogP contribution in [0.3, 0.4) is 0 Å². The van der Waals surface area contributed by atoms with Crippen LogP contribution in [0, 0.1) is 5.82 Å². The van der Waals surface area contributed by atoms with Gasteiger partial charge in [-0.25, -0.2) is 17.8 Å². The van der Waals surface area contributed by atoms with Crippen molar-refractivity contribution in [1.82, 2.24) is 4.98 Å². The third-order valence-corrected chi connectivity index (χ3v) is 7.64. The van der Waals surface area contributed by atoms with Crippen molar-refractivity contribution in [3.63, 3.8) is 0 Å². The van der Waals surface area contributed by atoms with Crippen LogP contribution in [0.1, 0.15) is 75.8 Å². The Bertz CT molecular complexity index is 973. The topological polar surface area (TPSA) is 84.3 Å². The fraction of sp³-hybridized carbons (Fsp3) is 0.524. The van der Waals surface area contributed by atoms with Gasteiger partial charge in [-0.2, -0.15) is 0 Å². The van der Waals surface area contributed by atoms with Gasteiger partial charge in [0.15, 0.2) is 5.78 Å². The van der Waals surface area contributed by atoms with Crippen molar-refractivity contribution in [2.45, 2.75) is 69.7 Å². The Morgan fingerprint density at radius 1 is 1.17 bits per heavy atom. The molecule has 0 saturated heterocycles. The number of benzene rings is 1. The number of thiazole rings is 1. The number of aliphatic hydroxyl groups is 1. The number of nitrogens with zero attached hydrogens (tertiary/aromatic N) is 1. The summed E-state index contributed by atoms with van der Waals surface area (Å²) in [5.74, 6) is -1.52. The number of hydrogen-bond acceptors (Lipinski definition) is 6. The van der Waals surface area contributed by atoms with Crippen LogP contribution in [0.2, 0.25) is 0 Å². The Morgan fingerprint density at radius 3 is 2.10 bits per heavy atom. The maximum absolute atomic E-state index is 14.0. The molecule has 8 heteroatoms. The Balaban J connectivity index is 2.32. The molecule has 0 bridgehead atoms. The van der Waals surface area contributed by atoms with E-state index in [9.17, 15) is 22.7 Å². The molecule has 0 spiro atoms. The van der Waals surface area contributed by atoms with E-state index in [0.29, 0.717) is 5.56 Å². The molecule has 0 aliphatic heterocycles. The summed E-state index contributed by atoms with van der Waals surface area (Å²) in [5.41, 5.74) is 1.13. The summed E-state index contributed by atoms with van der Waals surface area (Å²) >= 11 is 0.889. The lowest BCUT2D eigenvalue weighted by molar-refractivity contribution is -0.116. The molecule has 1 heterocycles. The number of ketones is 1. The van der Waals surface area contributed by atoms with Crippen LogP contribution in [0.5, 0.6) is 0 Å². The molecule has 1 N–H and O–H groups in total. The highest BCUT2D eigenvalue weighted by atomic mass is 32.2. The second-order valence-corrected chi connectivity index (χ2v) is 11.4. The van der Waals surface area contributed by atoms with Gasteiger partial charge in [-0.15, -0.1) is 11.3 Å². The summed E-state index contributed by atoms with van der Waals surface area (Å²) in [6.07, 6.45) is -0.0791. The van der Waals surface area contributed by atoms with Gasteiger partial charge in [-0.3, -0.25) is 4.79 Å². The minimum absolute atomic E-state index is 0.00378. The van der Waals surface area contributed by atoms with Crippen LogP contribution in [0.15, 0.2) is 21.9 Å². The van der Waals surface area contributed by atoms with E-state index < -0.39 is 27.0 Å². The normalized spacial score (nSPS) is 12.8. The number of halogens is 1. The largest absolute Gasteiger partial charge is 0.384 e. The van der Waals surface area contributed by atoms with Crippen LogP contribution < -0.4 is 0 Å². The third-order valence-electron chi connectivity index (χ3n) is 4.63. The number of rotatable bonds is 8. The molecule has 160 valence electrons. The van der Waals surface area contributed by atoms with Gasteiger partial charge in [0.25, 0.3) is 0 Å². The Kier molecular flexibility index (Phi) is 7.02. The van der Waals surface area contributed by atoms with Gasteiger partial charge < -0.3 is 5.11 Å². The smallest absolute Gasteiger partial charge is 0.212 e. The van der Waals surface area contributed by atoms with E-state index >= 15 is 0 Å². The van der Waals surface area contributed by atoms with E-state index in [1.54, 1.807) is 0 Å². The van der Waals surface area contributed by atoms with Crippen molar-refractivity contribution >= 4 is 27.0 Å². The second kappa shape index (κ2) is 8.62. The number of carbonyl (C=O) groups is 1. The van der Waals surface area contributed by atoms with Crippen molar-refractivity contribution < 1.29 is 22.7 Å². The Morgan fingerprint density at radius 2 is 1.69 bits per heavy atom. The molecule has 0 amide bonds. The van der Waals surface area contributed by atoms with Gasteiger partial charge in [0.05, 0.1) is 5.69 Å². The minimum Gasteiger partial charge on any atom is -0.384 e. The molecule has 0 radical (unpaired) electrons. The van der Waals surface area contributed by atoms with Crippen molar-refractivity contribution in [3.8, 4) is 0 Å². The summed E-state index contributed by atoms with van der Waals surface area (Å²) < 4.78 is 39.2. The van der Waals surface area contributed by atoms with Crippen molar-refractivity contribution in [3.05, 3.63) is 45.7 Å². The van der Waals surface area contributed by atoms with Gasteiger partial charge >= 0.3 is 0 Å². The van der Waals surface area contributed by atoms with Gasteiger partial charge in [0, 0.05) is 11.8 Å². The first-order valence-electron chi connectivity index (χ1n) is 9.47. The van der Waals surface area contributed by atoms with Gasteiger partial charge in [0.2, 0.25) is 14.2 Å². The lowest BCUT2D eigenvalue weighted by Gasteiger charge is -2.19. The SMILES string of the molecule is CC(C)c1cc(F)cc(C(C)C)c1CC(=O)CS(=O)(=O)c1nc(C(C)(C)O)cs1. The third kappa shape index (κ3) is 5.71. The summed E-state index contributed by atoms with van der Waals surface area (Å²) in [6.45, 7) is 10.7. The van der Waals surface area contributed by atoms with Crippen LogP contribution in [0.4, 0.5) is 4.39 Å². The summed E-state index contributed by atoms with van der Waals surface area (Å²) in [5, 5.41) is 11.5. The van der Waals surface area contributed by atoms with Crippen molar-refractivity contribution in [2.75, 3.05) is 5.75 Å². The molecule has 1 aromatic heterocycles. The average Bonchev–Trinajstić information content (AvgIpc) is 3.06. The van der Waals surface area contributed by atoms with Crippen molar-refractivity contribution in [2.24, 2.45) is 0 Å². The highest BCUT2D eigenvalue weighted by molar-refractivity contribution is 7.94. The number of sulfone groups is 1. The molecule has 0 saturated carbocycles. The number of carbonyl (C=O) groups excluding carboxylic acids is 1. The molecular weight excluding hydrogens is 413 g/mol. The Labute approximate surface area is 175 Å². The van der Waals surface area contributed by atoms with E-state index in [0.717, 1.165) is 22.5 Å². The van der Waals surface area contributed by atoms with Crippen LogP contribution >= 0.6 is 11.3 Å². The first kappa shape index (κ1) is 23.6. The lowest BCUT2D eigenvalue weighted by atomic mass is 9.86. The molecular formula is C21H28FNO4S2. The molecule has 0 aliphatic rings. The van der Waals surface area contributed by atoms with E-state index in [4.69, 9.17) is 0 Å². The molecule has 0 fully saturated rings. The standard InChI is InChI=1S/C21H28FNO4S2/c1-12(2)16-7-14(22)8-17(13(3)4)18(16)9-15(24)11-29(26,27)20-23-19(10-28-20)21(5,6)25/h7-8,10,12-13,25H,9,11H2,1-6H3. The van der Waals surface area contributed by atoms with Crippen LogP contribution in [-0.2, 0) is 26.7 Å². The maximum Gasteiger partial charge on any atom is 0.212 e. The van der Waals surface area contributed by atoms with E-state index in [1.165, 1.54) is 31.4 Å². The van der Waals surface area contributed by atoms with E-state index in [2.05, 4.69) is 4.98 Å². The maximum atomic E-state index is 14.0. The lowest BCUT2D eigenvalue weighted by Crippen LogP contribution is -2.21. The summed E-state index contributed by atoms with van der Waals surface area (Å²) in [6, 6.07) is 2.84. The summed E-state index contributed by atoms with van der Waals surface area (Å²) in [4.78, 5) is 16.7. The molecule has 2 aromatic rings. The predicted octanol–water partition coefficient (Wildman–Crippen LogP) is 4.34. The van der Waals surface area contributed by atoms with E-state index in [1.807, 2.05) is 27.7 Å². The molecule has 2 rings (SSSR count). The van der Waals surface area contributed by atoms with Gasteiger partial charge in [-0.1, -0.05) is 27.7 Å². The number of Topliss-reactive ketones (excluding diaryl/α,β-unsaturated/α-hetero) is 1. The molecule has 0 aliphatic carbocycles. The molecule has 5 nitrogen and oxygen atoms in total. The monoisotopic (exact) mass is 441 g/mol. The first-order valence-corrected chi connectivity index (χ1v) is 12.0. The van der Waals surface area contributed by atoms with Gasteiger partial charge in [0.1, 0.15) is 17.2 Å². The first-order chi connectivity index (χ1) is 13.2. The predicted molar refractivity (Wildman–Crippen MR) is 113 cm³/mol. The minimum atomic E-state index is -3.92. The van der Waals surface area contributed by atoms with Crippen molar-refractivity contribution in [1.29, 1.82) is 0 Å². The molecule has 0 unspecified atom stereocenters. The fourth-order valence-electron chi connectivity index (χ4n) is 3.12. The zero-order valence-electron chi connectivity index (χ0n) is 17.6. The highest BCUT2D eigenvalue weighted by Gasteiger charge is 2.28. The Hall–Kier alpha value is -1.64. The highest BCUT2D eigenvalue weighted by Crippen LogP contribution is 2.30. The van der Waals surface area contributed by atoms with E-state index in [-0.39, 0.29) is 34.1 Å².